The summed E-state index contributed by atoms with van der Waals surface area (Å²) in [6.45, 7) is 6.21. The molecule has 2 heterocycles. The van der Waals surface area contributed by atoms with Gasteiger partial charge in [0.1, 0.15) is 11.4 Å². The summed E-state index contributed by atoms with van der Waals surface area (Å²) in [7, 11) is 0. The Balaban J connectivity index is 2.48. The van der Waals surface area contributed by atoms with Gasteiger partial charge in [-0.05, 0) is 20.8 Å². The van der Waals surface area contributed by atoms with E-state index in [1.54, 1.807) is 18.6 Å². The molecule has 16 heavy (non-hydrogen) atoms. The lowest BCUT2D eigenvalue weighted by molar-refractivity contribution is 0.356. The van der Waals surface area contributed by atoms with Gasteiger partial charge in [0.15, 0.2) is 0 Å². The number of hydrogen-bond acceptors (Lipinski definition) is 4. The summed E-state index contributed by atoms with van der Waals surface area (Å²) in [6.07, 6.45) is 6.74. The van der Waals surface area contributed by atoms with Crippen LogP contribution in [0.4, 0.5) is 5.69 Å². The molecular formula is C11H15N5. The number of hydrogen-bond donors (Lipinski definition) is 1. The lowest BCUT2D eigenvalue weighted by atomic mass is 10.1. The Labute approximate surface area is 94.3 Å². The lowest BCUT2D eigenvalue weighted by Gasteiger charge is -2.18. The average molecular weight is 217 g/mol. The summed E-state index contributed by atoms with van der Waals surface area (Å²) in [5.74, 6) is 0. The summed E-state index contributed by atoms with van der Waals surface area (Å²) in [6, 6.07) is 0. The maximum atomic E-state index is 5.92. The molecule has 0 saturated carbocycles. The molecule has 5 nitrogen and oxygen atoms in total. The highest BCUT2D eigenvalue weighted by Crippen LogP contribution is 2.24. The molecule has 0 aliphatic rings. The van der Waals surface area contributed by atoms with Crippen molar-refractivity contribution >= 4 is 5.69 Å². The molecule has 0 fully saturated rings. The number of nitrogens with zero attached hydrogens (tertiary/aromatic N) is 4. The molecule has 2 N–H and O–H groups in total. The van der Waals surface area contributed by atoms with Crippen LogP contribution in [0.3, 0.4) is 0 Å². The van der Waals surface area contributed by atoms with E-state index < -0.39 is 0 Å². The van der Waals surface area contributed by atoms with Gasteiger partial charge >= 0.3 is 0 Å². The molecule has 0 aliphatic carbocycles. The minimum Gasteiger partial charge on any atom is -0.396 e. The van der Waals surface area contributed by atoms with Crippen LogP contribution in [0.15, 0.2) is 24.8 Å². The van der Waals surface area contributed by atoms with Crippen molar-refractivity contribution in [3.8, 4) is 11.4 Å². The largest absolute Gasteiger partial charge is 0.396 e. The van der Waals surface area contributed by atoms with Gasteiger partial charge in [-0.2, -0.15) is 5.10 Å². The number of aromatic nitrogens is 4. The van der Waals surface area contributed by atoms with Gasteiger partial charge in [-0.3, -0.25) is 14.6 Å². The smallest absolute Gasteiger partial charge is 0.135 e. The molecule has 0 saturated heterocycles. The van der Waals surface area contributed by atoms with Crippen LogP contribution in [0.1, 0.15) is 20.8 Å². The molecule has 0 atom stereocenters. The Hall–Kier alpha value is -1.91. The molecule has 0 unspecified atom stereocenters. The predicted molar refractivity (Wildman–Crippen MR) is 62.7 cm³/mol. The zero-order valence-electron chi connectivity index (χ0n) is 9.68. The summed E-state index contributed by atoms with van der Waals surface area (Å²) in [4.78, 5) is 8.19. The van der Waals surface area contributed by atoms with E-state index in [1.165, 1.54) is 0 Å². The highest BCUT2D eigenvalue weighted by molar-refractivity contribution is 5.68. The normalized spacial score (nSPS) is 11.7. The van der Waals surface area contributed by atoms with Gasteiger partial charge in [0.2, 0.25) is 0 Å². The second kappa shape index (κ2) is 3.59. The Morgan fingerprint density at radius 3 is 2.50 bits per heavy atom. The predicted octanol–water partition coefficient (Wildman–Crippen LogP) is 1.68. The van der Waals surface area contributed by atoms with Crippen molar-refractivity contribution in [3.05, 3.63) is 24.8 Å². The highest BCUT2D eigenvalue weighted by atomic mass is 15.3. The van der Waals surface area contributed by atoms with Crippen molar-refractivity contribution in [1.29, 1.82) is 0 Å². The monoisotopic (exact) mass is 217 g/mol. The minimum atomic E-state index is -0.0887. The van der Waals surface area contributed by atoms with E-state index in [1.807, 2.05) is 10.9 Å². The number of rotatable bonds is 1. The molecule has 5 heteroatoms. The van der Waals surface area contributed by atoms with E-state index in [0.717, 1.165) is 0 Å². The molecule has 0 radical (unpaired) electrons. The lowest BCUT2D eigenvalue weighted by Crippen LogP contribution is -2.22. The standard InChI is InChI=1S/C11H15N5/c1-11(2,3)16-7-8(12)10(15-16)9-6-13-4-5-14-9/h4-7H,12H2,1-3H3. The number of nitrogen functional groups attached to an aromatic ring is 1. The van der Waals surface area contributed by atoms with Crippen LogP contribution in [-0.2, 0) is 5.54 Å². The first kappa shape index (κ1) is 10.6. The second-order valence-corrected chi connectivity index (χ2v) is 4.64. The molecule has 84 valence electrons. The molecule has 2 rings (SSSR count). The Kier molecular flexibility index (Phi) is 2.38. The maximum Gasteiger partial charge on any atom is 0.135 e. The van der Waals surface area contributed by atoms with Crippen LogP contribution in [0.2, 0.25) is 0 Å². The molecule has 0 aliphatic heterocycles. The quantitative estimate of drug-likeness (QED) is 0.789. The Morgan fingerprint density at radius 2 is 2.00 bits per heavy atom. The topological polar surface area (TPSA) is 69.6 Å². The van der Waals surface area contributed by atoms with Gasteiger partial charge in [-0.25, -0.2) is 0 Å². The third-order valence-electron chi connectivity index (χ3n) is 2.24. The summed E-state index contributed by atoms with van der Waals surface area (Å²) in [5, 5.41) is 4.44. The Morgan fingerprint density at radius 1 is 1.25 bits per heavy atom. The van der Waals surface area contributed by atoms with Crippen molar-refractivity contribution in [1.82, 2.24) is 19.7 Å². The fraction of sp³-hybridized carbons (Fsp3) is 0.364. The zero-order valence-corrected chi connectivity index (χ0v) is 9.68. The van der Waals surface area contributed by atoms with Crippen LogP contribution in [0.25, 0.3) is 11.4 Å². The van der Waals surface area contributed by atoms with Crippen LogP contribution in [0, 0.1) is 0 Å². The van der Waals surface area contributed by atoms with Gasteiger partial charge in [0.25, 0.3) is 0 Å². The van der Waals surface area contributed by atoms with E-state index in [-0.39, 0.29) is 5.54 Å². The van der Waals surface area contributed by atoms with Crippen molar-refractivity contribution in [3.63, 3.8) is 0 Å². The first-order valence-electron chi connectivity index (χ1n) is 5.10. The molecule has 2 aromatic rings. The van der Waals surface area contributed by atoms with Crippen molar-refractivity contribution in [2.75, 3.05) is 5.73 Å². The van der Waals surface area contributed by atoms with E-state index in [2.05, 4.69) is 35.8 Å². The van der Waals surface area contributed by atoms with Crippen LogP contribution >= 0.6 is 0 Å². The first-order chi connectivity index (χ1) is 7.48. The molecule has 2 aromatic heterocycles. The van der Waals surface area contributed by atoms with Crippen LogP contribution < -0.4 is 5.73 Å². The summed E-state index contributed by atoms with van der Waals surface area (Å²) >= 11 is 0. The van der Waals surface area contributed by atoms with E-state index in [9.17, 15) is 0 Å². The SMILES string of the molecule is CC(C)(C)n1cc(N)c(-c2cnccn2)n1. The van der Waals surface area contributed by atoms with Gasteiger partial charge in [0.05, 0.1) is 17.4 Å². The van der Waals surface area contributed by atoms with Crippen molar-refractivity contribution < 1.29 is 0 Å². The van der Waals surface area contributed by atoms with Crippen molar-refractivity contribution in [2.45, 2.75) is 26.3 Å². The zero-order chi connectivity index (χ0) is 11.8. The summed E-state index contributed by atoms with van der Waals surface area (Å²) in [5.41, 5.74) is 7.83. The highest BCUT2D eigenvalue weighted by Gasteiger charge is 2.18. The Bertz CT molecular complexity index is 481. The molecule has 0 spiro atoms. The molecular weight excluding hydrogens is 202 g/mol. The minimum absolute atomic E-state index is 0.0887. The molecule has 0 amide bonds. The van der Waals surface area contributed by atoms with E-state index in [0.29, 0.717) is 17.1 Å². The first-order valence-corrected chi connectivity index (χ1v) is 5.10. The van der Waals surface area contributed by atoms with Crippen molar-refractivity contribution in [2.24, 2.45) is 0 Å². The third-order valence-corrected chi connectivity index (χ3v) is 2.24. The van der Waals surface area contributed by atoms with E-state index >= 15 is 0 Å². The molecule has 0 aromatic carbocycles. The number of nitrogens with two attached hydrogens (primary N) is 1. The van der Waals surface area contributed by atoms with Gasteiger partial charge in [0, 0.05) is 18.6 Å². The third kappa shape index (κ3) is 1.88. The van der Waals surface area contributed by atoms with Crippen LogP contribution in [-0.4, -0.2) is 19.7 Å². The summed E-state index contributed by atoms with van der Waals surface area (Å²) < 4.78 is 1.84. The van der Waals surface area contributed by atoms with Gasteiger partial charge in [-0.1, -0.05) is 0 Å². The fourth-order valence-electron chi connectivity index (χ4n) is 1.35. The maximum absolute atomic E-state index is 5.92. The second-order valence-electron chi connectivity index (χ2n) is 4.64. The molecule has 0 bridgehead atoms. The van der Waals surface area contributed by atoms with Gasteiger partial charge < -0.3 is 5.73 Å². The van der Waals surface area contributed by atoms with E-state index in [4.69, 9.17) is 5.73 Å². The van der Waals surface area contributed by atoms with Crippen LogP contribution in [0.5, 0.6) is 0 Å². The average Bonchev–Trinajstić information content (AvgIpc) is 2.61. The number of anilines is 1. The van der Waals surface area contributed by atoms with Gasteiger partial charge in [-0.15, -0.1) is 0 Å². The fourth-order valence-corrected chi connectivity index (χ4v) is 1.35.